The Kier molecular flexibility index (Phi) is 9.37. The minimum atomic E-state index is -0.0584. The van der Waals surface area contributed by atoms with Crippen molar-refractivity contribution in [2.75, 3.05) is 0 Å². The van der Waals surface area contributed by atoms with Crippen molar-refractivity contribution in [1.29, 1.82) is 0 Å². The number of benzene rings is 3. The Morgan fingerprint density at radius 2 is 1.73 bits per heavy atom. The van der Waals surface area contributed by atoms with E-state index >= 15 is 0 Å². The number of nitrogens with zero attached hydrogens (tertiary/aromatic N) is 4. The summed E-state index contributed by atoms with van der Waals surface area (Å²) in [5, 5.41) is 2.08. The number of hydrogen-bond donors (Lipinski definition) is 0. The van der Waals surface area contributed by atoms with E-state index in [9.17, 15) is 0 Å². The molecule has 1 aliphatic heterocycles. The van der Waals surface area contributed by atoms with Crippen molar-refractivity contribution >= 4 is 39.2 Å². The number of hydrogen-bond acceptors (Lipinski definition) is 4. The molecule has 0 amide bonds. The molecule has 1 aliphatic carbocycles. The molecule has 51 heavy (non-hydrogen) atoms. The fourth-order valence-electron chi connectivity index (χ4n) is 8.09. The van der Waals surface area contributed by atoms with Gasteiger partial charge >= 0.3 is 0 Å². The number of allylic oxidation sites excluding steroid dienone is 1. The number of aryl methyl sites for hydroxylation is 1. The van der Waals surface area contributed by atoms with E-state index in [1.54, 1.807) is 5.57 Å². The minimum absolute atomic E-state index is 0. The number of fused-ring (bicyclic) bond motifs is 3. The second kappa shape index (κ2) is 13.6. The van der Waals surface area contributed by atoms with Gasteiger partial charge in [0.25, 0.3) is 0 Å². The first kappa shape index (κ1) is 35.0. The first-order valence-corrected chi connectivity index (χ1v) is 17.9. The van der Waals surface area contributed by atoms with E-state index < -0.39 is 0 Å². The van der Waals surface area contributed by atoms with Gasteiger partial charge in [0, 0.05) is 37.4 Å². The van der Waals surface area contributed by atoms with Crippen molar-refractivity contribution < 1.29 is 24.5 Å². The average molecular weight is 849 g/mol. The molecule has 4 aromatic heterocycles. The maximum Gasteiger partial charge on any atom is 0.216 e. The van der Waals surface area contributed by atoms with Crippen LogP contribution in [0.25, 0.3) is 61.8 Å². The minimum Gasteiger partial charge on any atom is -0.486 e. The van der Waals surface area contributed by atoms with Gasteiger partial charge in [-0.25, -0.2) is 4.98 Å². The fraction of sp³-hybridized carbons (Fsp3) is 0.311. The molecular formula is C45H44IrN4O-2. The van der Waals surface area contributed by atoms with Crippen LogP contribution in [0, 0.1) is 30.4 Å². The van der Waals surface area contributed by atoms with Gasteiger partial charge in [0.2, 0.25) is 5.71 Å². The zero-order chi connectivity index (χ0) is 34.6. The summed E-state index contributed by atoms with van der Waals surface area (Å²) < 4.78 is 8.55. The second-order valence-corrected chi connectivity index (χ2v) is 15.7. The number of para-hydroxylation sites is 1. The van der Waals surface area contributed by atoms with Crippen LogP contribution in [0.15, 0.2) is 95.0 Å². The summed E-state index contributed by atoms with van der Waals surface area (Å²) in [5.41, 5.74) is 12.0. The standard InChI is InChI=1S/C23H23N2.C22H21N2O.Ir/c1-23(2)19(16-9-6-7-10-16)15-18-13-8-14-20-21(18)25(23)22(24-20)17-11-4-3-5-12-17;1-14-8-9-17-16-6-5-7-18(20(16)25-21(17)24-14)19-12-15(10-11-23-19)13-22(2,3)4;/h3-5,8,11,13-16H,6-7,9-10H2,1-2H3;5-6,8-12H,13H2,1-4H3;/q2*-1;. The fourth-order valence-corrected chi connectivity index (χ4v) is 8.09. The summed E-state index contributed by atoms with van der Waals surface area (Å²) in [7, 11) is 0. The molecule has 1 radical (unpaired) electrons. The molecular weight excluding hydrogens is 805 g/mol. The number of imidazole rings is 1. The molecule has 5 heterocycles. The van der Waals surface area contributed by atoms with Crippen LogP contribution in [0.2, 0.25) is 0 Å². The van der Waals surface area contributed by atoms with Crippen LogP contribution in [0.4, 0.5) is 0 Å². The van der Waals surface area contributed by atoms with Crippen molar-refractivity contribution in [1.82, 2.24) is 19.5 Å². The Morgan fingerprint density at radius 3 is 2.49 bits per heavy atom. The van der Waals surface area contributed by atoms with Crippen molar-refractivity contribution in [3.8, 4) is 22.6 Å². The molecule has 0 atom stereocenters. The summed E-state index contributed by atoms with van der Waals surface area (Å²) in [4.78, 5) is 14.1. The Hall–Kier alpha value is -4.38. The van der Waals surface area contributed by atoms with Crippen LogP contribution < -0.4 is 0 Å². The third-order valence-corrected chi connectivity index (χ3v) is 10.3. The van der Waals surface area contributed by atoms with Crippen LogP contribution in [0.5, 0.6) is 0 Å². The topological polar surface area (TPSA) is 56.7 Å². The van der Waals surface area contributed by atoms with Crippen LogP contribution in [0.1, 0.15) is 77.1 Å². The molecule has 0 unspecified atom stereocenters. The molecule has 1 fully saturated rings. The Balaban J connectivity index is 0.000000156. The summed E-state index contributed by atoms with van der Waals surface area (Å²) in [6.07, 6.45) is 10.7. The predicted octanol–water partition coefficient (Wildman–Crippen LogP) is 11.6. The Morgan fingerprint density at radius 1 is 0.902 bits per heavy atom. The van der Waals surface area contributed by atoms with E-state index in [4.69, 9.17) is 9.40 Å². The van der Waals surface area contributed by atoms with Gasteiger partial charge in [-0.3, -0.25) is 4.98 Å². The molecule has 9 rings (SSSR count). The molecule has 1 saturated carbocycles. The van der Waals surface area contributed by atoms with E-state index in [2.05, 4.69) is 116 Å². The maximum atomic E-state index is 6.08. The maximum absolute atomic E-state index is 6.08. The molecule has 6 heteroatoms. The first-order valence-electron chi connectivity index (χ1n) is 17.9. The molecule has 0 N–H and O–H groups in total. The summed E-state index contributed by atoms with van der Waals surface area (Å²) in [5.74, 6) is 1.74. The summed E-state index contributed by atoms with van der Waals surface area (Å²) in [6.45, 7) is 13.4. The zero-order valence-electron chi connectivity index (χ0n) is 30.3. The normalized spacial score (nSPS) is 15.5. The van der Waals surface area contributed by atoms with Crippen molar-refractivity contribution in [3.05, 3.63) is 120 Å². The molecule has 0 spiro atoms. The molecule has 5 nitrogen and oxygen atoms in total. The van der Waals surface area contributed by atoms with Crippen molar-refractivity contribution in [2.24, 2.45) is 11.3 Å². The number of furan rings is 1. The predicted molar refractivity (Wildman–Crippen MR) is 205 cm³/mol. The first-order chi connectivity index (χ1) is 24.1. The summed E-state index contributed by atoms with van der Waals surface area (Å²) >= 11 is 0. The van der Waals surface area contributed by atoms with Gasteiger partial charge in [0.15, 0.2) is 0 Å². The average Bonchev–Trinajstić information content (AvgIpc) is 3.85. The monoisotopic (exact) mass is 849 g/mol. The molecule has 7 aromatic rings. The van der Waals surface area contributed by atoms with Crippen LogP contribution in [-0.4, -0.2) is 19.5 Å². The molecule has 2 aliphatic rings. The van der Waals surface area contributed by atoms with Gasteiger partial charge in [-0.1, -0.05) is 74.4 Å². The SMILES string of the molecule is CC1(C)C(C2CCCC2)=Cc2cccc3nc(-c4[c-]cccc4)n1c23.Cc1ccc2c(n1)oc1c(-c3cc(CC(C)(C)C)ccn3)[c-]ccc12.[Ir]. The van der Waals surface area contributed by atoms with Crippen LogP contribution in [0.3, 0.4) is 0 Å². The number of pyridine rings is 2. The molecule has 3 aromatic carbocycles. The van der Waals surface area contributed by atoms with E-state index in [0.717, 1.165) is 56.6 Å². The van der Waals surface area contributed by atoms with Crippen molar-refractivity contribution in [3.63, 3.8) is 0 Å². The van der Waals surface area contributed by atoms with E-state index in [1.807, 2.05) is 43.5 Å². The Labute approximate surface area is 314 Å². The van der Waals surface area contributed by atoms with E-state index in [1.165, 1.54) is 42.3 Å². The van der Waals surface area contributed by atoms with Gasteiger partial charge in [0.05, 0.1) is 28.0 Å². The smallest absolute Gasteiger partial charge is 0.216 e. The van der Waals surface area contributed by atoms with E-state index in [-0.39, 0.29) is 31.1 Å². The van der Waals surface area contributed by atoms with E-state index in [0.29, 0.717) is 11.6 Å². The summed E-state index contributed by atoms with van der Waals surface area (Å²) in [6, 6.07) is 33.6. The van der Waals surface area contributed by atoms with Gasteiger partial charge in [0.1, 0.15) is 0 Å². The second-order valence-electron chi connectivity index (χ2n) is 15.7. The largest absolute Gasteiger partial charge is 0.486 e. The Bertz CT molecular complexity index is 2390. The third kappa shape index (κ3) is 6.61. The molecule has 0 saturated heterocycles. The van der Waals surface area contributed by atoms with Gasteiger partial charge in [-0.2, -0.15) is 0 Å². The number of rotatable bonds is 4. The van der Waals surface area contributed by atoms with Gasteiger partial charge in [-0.15, -0.1) is 54.1 Å². The van der Waals surface area contributed by atoms with Crippen LogP contribution in [-0.2, 0) is 32.1 Å². The van der Waals surface area contributed by atoms with Crippen LogP contribution >= 0.6 is 0 Å². The molecule has 0 bridgehead atoms. The number of aromatic nitrogens is 4. The van der Waals surface area contributed by atoms with Gasteiger partial charge in [-0.05, 0) is 92.5 Å². The van der Waals surface area contributed by atoms with Gasteiger partial charge < -0.3 is 14.0 Å². The zero-order valence-corrected chi connectivity index (χ0v) is 32.7. The van der Waals surface area contributed by atoms with Crippen molar-refractivity contribution in [2.45, 2.75) is 79.2 Å². The molecule has 261 valence electrons. The third-order valence-electron chi connectivity index (χ3n) is 10.3. The quantitative estimate of drug-likeness (QED) is 0.166.